The highest BCUT2D eigenvalue weighted by molar-refractivity contribution is 6.31. The maximum absolute atomic E-state index is 6.15. The van der Waals surface area contributed by atoms with Crippen LogP contribution in [-0.2, 0) is 0 Å². The first-order chi connectivity index (χ1) is 10.1. The lowest BCUT2D eigenvalue weighted by Crippen LogP contribution is -2.38. The predicted molar refractivity (Wildman–Crippen MR) is 89.2 cm³/mol. The number of nitrogens with zero attached hydrogens (tertiary/aromatic N) is 2. The summed E-state index contributed by atoms with van der Waals surface area (Å²) in [7, 11) is 0. The number of anilines is 2. The molecule has 2 aromatic carbocycles. The lowest BCUT2D eigenvalue weighted by atomic mass is 10.0. The topological polar surface area (TPSA) is 6.48 Å². The Morgan fingerprint density at radius 3 is 2.29 bits per heavy atom. The predicted octanol–water partition coefficient (Wildman–Crippen LogP) is 5.23. The first kappa shape index (κ1) is 13.1. The lowest BCUT2D eigenvalue weighted by molar-refractivity contribution is 0.615. The molecule has 106 valence electrons. The van der Waals surface area contributed by atoms with Crippen molar-refractivity contribution in [2.45, 2.75) is 19.0 Å². The van der Waals surface area contributed by atoms with Crippen LogP contribution in [0.5, 0.6) is 0 Å². The van der Waals surface area contributed by atoms with Gasteiger partial charge in [0.1, 0.15) is 6.17 Å². The number of halogens is 2. The standard InChI is InChI=1S/C17H14Cl2N2/c1-11-15-10-13(19)4-7-16(15)21-9-8-20(17(11)21)14-5-2-12(18)3-6-14/h2-11,17H,1H3. The smallest absolute Gasteiger partial charge is 0.117 e. The van der Waals surface area contributed by atoms with Gasteiger partial charge in [0.15, 0.2) is 0 Å². The zero-order valence-corrected chi connectivity index (χ0v) is 13.0. The van der Waals surface area contributed by atoms with Crippen LogP contribution in [0.25, 0.3) is 0 Å². The van der Waals surface area contributed by atoms with Crippen molar-refractivity contribution in [3.63, 3.8) is 0 Å². The molecular formula is C17H14Cl2N2. The summed E-state index contributed by atoms with van der Waals surface area (Å²) in [5.74, 6) is 0.379. The van der Waals surface area contributed by atoms with Crippen molar-refractivity contribution in [2.75, 3.05) is 9.80 Å². The van der Waals surface area contributed by atoms with Gasteiger partial charge in [-0.15, -0.1) is 0 Å². The zero-order valence-electron chi connectivity index (χ0n) is 11.5. The summed E-state index contributed by atoms with van der Waals surface area (Å²) < 4.78 is 0. The van der Waals surface area contributed by atoms with Gasteiger partial charge >= 0.3 is 0 Å². The molecule has 0 saturated heterocycles. The summed E-state index contributed by atoms with van der Waals surface area (Å²) >= 11 is 12.1. The van der Waals surface area contributed by atoms with E-state index < -0.39 is 0 Å². The Morgan fingerprint density at radius 2 is 1.52 bits per heavy atom. The van der Waals surface area contributed by atoms with Gasteiger partial charge in [0.05, 0.1) is 0 Å². The van der Waals surface area contributed by atoms with Crippen LogP contribution in [0.4, 0.5) is 11.4 Å². The van der Waals surface area contributed by atoms with Crippen molar-refractivity contribution in [1.29, 1.82) is 0 Å². The van der Waals surface area contributed by atoms with Crippen LogP contribution >= 0.6 is 23.2 Å². The normalized spacial score (nSPS) is 22.6. The van der Waals surface area contributed by atoms with E-state index in [-0.39, 0.29) is 6.17 Å². The molecule has 4 rings (SSSR count). The summed E-state index contributed by atoms with van der Waals surface area (Å²) in [5.41, 5.74) is 3.69. The van der Waals surface area contributed by atoms with Crippen molar-refractivity contribution in [2.24, 2.45) is 0 Å². The monoisotopic (exact) mass is 316 g/mol. The average Bonchev–Trinajstić information content (AvgIpc) is 3.01. The SMILES string of the molecule is CC1c2cc(Cl)ccc2N2C=CN(c3ccc(Cl)cc3)C12. The van der Waals surface area contributed by atoms with Gasteiger partial charge in [-0.1, -0.05) is 30.1 Å². The summed E-state index contributed by atoms with van der Waals surface area (Å²) in [4.78, 5) is 4.60. The molecule has 2 unspecified atom stereocenters. The second-order valence-corrected chi connectivity index (χ2v) is 6.37. The van der Waals surface area contributed by atoms with Gasteiger partial charge in [0, 0.05) is 39.7 Å². The Bertz CT molecular complexity index is 724. The van der Waals surface area contributed by atoms with E-state index in [1.807, 2.05) is 18.2 Å². The number of benzene rings is 2. The van der Waals surface area contributed by atoms with E-state index in [9.17, 15) is 0 Å². The molecule has 0 aromatic heterocycles. The molecule has 21 heavy (non-hydrogen) atoms. The molecule has 0 radical (unpaired) electrons. The molecular weight excluding hydrogens is 303 g/mol. The molecule has 0 N–H and O–H groups in total. The third kappa shape index (κ3) is 1.94. The van der Waals surface area contributed by atoms with Gasteiger partial charge in [0.25, 0.3) is 0 Å². The summed E-state index contributed by atoms with van der Waals surface area (Å²) in [6.45, 7) is 2.25. The molecule has 2 heterocycles. The molecule has 2 atom stereocenters. The van der Waals surface area contributed by atoms with Gasteiger partial charge in [-0.3, -0.25) is 0 Å². The Hall–Kier alpha value is -1.64. The molecule has 2 nitrogen and oxygen atoms in total. The zero-order chi connectivity index (χ0) is 14.6. The molecule has 2 aliphatic rings. The molecule has 0 saturated carbocycles. The van der Waals surface area contributed by atoms with Gasteiger partial charge in [-0.2, -0.15) is 0 Å². The van der Waals surface area contributed by atoms with Crippen molar-refractivity contribution >= 4 is 34.6 Å². The fourth-order valence-corrected chi connectivity index (χ4v) is 3.60. The molecule has 0 amide bonds. The molecule has 0 bridgehead atoms. The van der Waals surface area contributed by atoms with Crippen LogP contribution < -0.4 is 9.80 Å². The van der Waals surface area contributed by atoms with E-state index in [2.05, 4.69) is 53.4 Å². The van der Waals surface area contributed by atoms with Crippen molar-refractivity contribution in [3.05, 3.63) is 70.5 Å². The van der Waals surface area contributed by atoms with Crippen molar-refractivity contribution in [3.8, 4) is 0 Å². The number of fused-ring (bicyclic) bond motifs is 3. The van der Waals surface area contributed by atoms with E-state index in [4.69, 9.17) is 23.2 Å². The van der Waals surface area contributed by atoms with Gasteiger partial charge < -0.3 is 9.80 Å². The van der Waals surface area contributed by atoms with Crippen LogP contribution in [0.3, 0.4) is 0 Å². The maximum atomic E-state index is 6.15. The quantitative estimate of drug-likeness (QED) is 0.710. The summed E-state index contributed by atoms with van der Waals surface area (Å²) in [6, 6.07) is 14.1. The minimum Gasteiger partial charge on any atom is -0.325 e. The Kier molecular flexibility index (Phi) is 2.91. The van der Waals surface area contributed by atoms with Crippen LogP contribution in [0.2, 0.25) is 10.0 Å². The summed E-state index contributed by atoms with van der Waals surface area (Å²) in [6.07, 6.45) is 4.52. The Labute approximate surface area is 134 Å². The highest BCUT2D eigenvalue weighted by Gasteiger charge is 2.41. The molecule has 0 fully saturated rings. The Balaban J connectivity index is 1.75. The van der Waals surface area contributed by atoms with Gasteiger partial charge in [0.2, 0.25) is 0 Å². The van der Waals surface area contributed by atoms with E-state index in [1.165, 1.54) is 11.3 Å². The molecule has 2 aromatic rings. The minimum absolute atomic E-state index is 0.264. The van der Waals surface area contributed by atoms with Crippen LogP contribution in [0, 0.1) is 0 Å². The minimum atomic E-state index is 0.264. The number of hydrogen-bond donors (Lipinski definition) is 0. The Morgan fingerprint density at radius 1 is 0.857 bits per heavy atom. The second kappa shape index (κ2) is 4.69. The van der Waals surface area contributed by atoms with Gasteiger partial charge in [-0.25, -0.2) is 0 Å². The second-order valence-electron chi connectivity index (χ2n) is 5.49. The third-order valence-corrected chi connectivity index (χ3v) is 4.78. The van der Waals surface area contributed by atoms with E-state index in [0.717, 1.165) is 15.7 Å². The lowest BCUT2D eigenvalue weighted by Gasteiger charge is -2.30. The highest BCUT2D eigenvalue weighted by atomic mass is 35.5. The molecule has 4 heteroatoms. The van der Waals surface area contributed by atoms with Crippen LogP contribution in [0.15, 0.2) is 54.9 Å². The van der Waals surface area contributed by atoms with E-state index >= 15 is 0 Å². The maximum Gasteiger partial charge on any atom is 0.117 e. The van der Waals surface area contributed by atoms with Gasteiger partial charge in [-0.05, 0) is 48.0 Å². The average molecular weight is 317 g/mol. The number of hydrogen-bond acceptors (Lipinski definition) is 2. The highest BCUT2D eigenvalue weighted by Crippen LogP contribution is 2.46. The van der Waals surface area contributed by atoms with Crippen molar-refractivity contribution < 1.29 is 0 Å². The fourth-order valence-electron chi connectivity index (χ4n) is 3.30. The summed E-state index contributed by atoms with van der Waals surface area (Å²) in [5, 5.41) is 1.55. The van der Waals surface area contributed by atoms with Crippen LogP contribution in [-0.4, -0.2) is 6.17 Å². The molecule has 2 aliphatic heterocycles. The molecule has 0 spiro atoms. The van der Waals surface area contributed by atoms with Crippen LogP contribution in [0.1, 0.15) is 18.4 Å². The first-order valence-electron chi connectivity index (χ1n) is 6.95. The van der Waals surface area contributed by atoms with Crippen molar-refractivity contribution in [1.82, 2.24) is 0 Å². The third-order valence-electron chi connectivity index (χ3n) is 4.29. The first-order valence-corrected chi connectivity index (χ1v) is 7.71. The molecule has 0 aliphatic carbocycles. The largest absolute Gasteiger partial charge is 0.325 e. The van der Waals surface area contributed by atoms with E-state index in [1.54, 1.807) is 0 Å². The fraction of sp³-hybridized carbons (Fsp3) is 0.176. The number of rotatable bonds is 1. The van der Waals surface area contributed by atoms with E-state index in [0.29, 0.717) is 5.92 Å².